The smallest absolute Gasteiger partial charge is 0.335 e. The molecule has 278 valence electrons. The normalized spacial score (nSPS) is 16.6. The molecule has 7 rings (SSSR count). The predicted octanol–water partition coefficient (Wildman–Crippen LogP) is 10.00. The van der Waals surface area contributed by atoms with E-state index in [-0.39, 0.29) is 30.4 Å². The Balaban J connectivity index is 1.00. The number of carbonyl (C=O) groups excluding carboxylic acids is 1. The van der Waals surface area contributed by atoms with Gasteiger partial charge < -0.3 is 35.1 Å². The molecule has 1 aliphatic heterocycles. The fourth-order valence-electron chi connectivity index (χ4n) is 6.22. The zero-order valence-corrected chi connectivity index (χ0v) is 30.7. The van der Waals surface area contributed by atoms with E-state index in [4.69, 9.17) is 14.2 Å². The number of hydrogen-bond donors (Lipinski definition) is 4. The van der Waals surface area contributed by atoms with Gasteiger partial charge in [-0.25, -0.2) is 9.59 Å². The quantitative estimate of drug-likeness (QED) is 0.0860. The van der Waals surface area contributed by atoms with Gasteiger partial charge in [-0.3, -0.25) is 0 Å². The number of rotatable bonds is 13. The Morgan fingerprint density at radius 2 is 1.42 bits per heavy atom. The first-order chi connectivity index (χ1) is 26.9. The predicted molar refractivity (Wildman–Crippen MR) is 213 cm³/mol. The van der Waals surface area contributed by atoms with Crippen molar-refractivity contribution in [2.45, 2.75) is 43.0 Å². The maximum absolute atomic E-state index is 12.8. The average Bonchev–Trinajstić information content (AvgIpc) is 3.23. The Morgan fingerprint density at radius 1 is 0.709 bits per heavy atom. The molecule has 55 heavy (non-hydrogen) atoms. The highest BCUT2D eigenvalue weighted by atomic mass is 32.2. The Kier molecular flexibility index (Phi) is 12.2. The van der Waals surface area contributed by atoms with Gasteiger partial charge in [-0.1, -0.05) is 78.9 Å². The van der Waals surface area contributed by atoms with Crippen LogP contribution in [0.2, 0.25) is 0 Å². The first kappa shape index (κ1) is 37.4. The summed E-state index contributed by atoms with van der Waals surface area (Å²) < 4.78 is 19.0. The molecule has 0 aromatic heterocycles. The molecule has 4 N–H and O–H groups in total. The minimum absolute atomic E-state index is 0.0325. The Morgan fingerprint density at radius 3 is 2.15 bits per heavy atom. The molecule has 1 aliphatic rings. The number of hydrogen-bond acceptors (Lipinski definition) is 7. The van der Waals surface area contributed by atoms with Crippen LogP contribution in [0, 0.1) is 0 Å². The number of anilines is 1. The molecule has 0 aliphatic carbocycles. The molecule has 3 atom stereocenters. The molecule has 10 heteroatoms. The van der Waals surface area contributed by atoms with E-state index in [0.29, 0.717) is 30.2 Å². The minimum Gasteiger partial charge on any atom is -0.478 e. The lowest BCUT2D eigenvalue weighted by atomic mass is 9.99. The molecule has 1 fully saturated rings. The summed E-state index contributed by atoms with van der Waals surface area (Å²) in [4.78, 5) is 25.0. The monoisotopic (exact) mass is 752 g/mol. The molecule has 2 amide bonds. The van der Waals surface area contributed by atoms with Crippen molar-refractivity contribution in [3.05, 3.63) is 179 Å². The summed E-state index contributed by atoms with van der Waals surface area (Å²) >= 11 is 1.61. The molecular weight excluding hydrogens is 713 g/mol. The van der Waals surface area contributed by atoms with E-state index in [0.717, 1.165) is 44.0 Å². The zero-order chi connectivity index (χ0) is 38.0. The lowest BCUT2D eigenvalue weighted by Crippen LogP contribution is -2.31. The van der Waals surface area contributed by atoms with Crippen LogP contribution in [0.5, 0.6) is 11.5 Å². The fraction of sp³-hybridized carbons (Fsp3) is 0.156. The highest BCUT2D eigenvalue weighted by Crippen LogP contribution is 2.40. The molecule has 6 aromatic rings. The third kappa shape index (κ3) is 10.2. The van der Waals surface area contributed by atoms with E-state index >= 15 is 0 Å². The van der Waals surface area contributed by atoms with Crippen molar-refractivity contribution in [1.29, 1.82) is 0 Å². The van der Waals surface area contributed by atoms with Crippen LogP contribution in [0.15, 0.2) is 157 Å². The second-order valence-corrected chi connectivity index (χ2v) is 14.2. The van der Waals surface area contributed by atoms with Crippen molar-refractivity contribution >= 4 is 29.4 Å². The SMILES string of the molecule is O=C(NCc1cccc(-c2cccc([C@H]3O[C@@H](CSc4ccc(C(=O)O)cc4)C[C@@H](c4ccc(CO)cc4)O3)c2)c1)Nc1ccc(Oc2ccccc2)cc1. The third-order valence-electron chi connectivity index (χ3n) is 9.12. The summed E-state index contributed by atoms with van der Waals surface area (Å²) in [6, 6.07) is 47.2. The summed E-state index contributed by atoms with van der Waals surface area (Å²) in [6.07, 6.45) is -0.402. The van der Waals surface area contributed by atoms with Crippen molar-refractivity contribution in [3.63, 3.8) is 0 Å². The van der Waals surface area contributed by atoms with Crippen LogP contribution in [0.1, 0.15) is 51.4 Å². The van der Waals surface area contributed by atoms with E-state index in [1.807, 2.05) is 115 Å². The molecule has 0 bridgehead atoms. The van der Waals surface area contributed by atoms with E-state index in [2.05, 4.69) is 22.8 Å². The first-order valence-electron chi connectivity index (χ1n) is 17.9. The summed E-state index contributed by atoms with van der Waals surface area (Å²) in [5, 5.41) is 24.7. The van der Waals surface area contributed by atoms with Crippen LogP contribution in [0.4, 0.5) is 10.5 Å². The summed E-state index contributed by atoms with van der Waals surface area (Å²) in [5.41, 5.74) is 6.50. The van der Waals surface area contributed by atoms with E-state index in [1.165, 1.54) is 0 Å². The number of benzene rings is 6. The molecule has 0 radical (unpaired) electrons. The number of aliphatic hydroxyl groups excluding tert-OH is 1. The molecule has 0 spiro atoms. The van der Waals surface area contributed by atoms with Gasteiger partial charge in [0.1, 0.15) is 11.5 Å². The Labute approximate surface area is 323 Å². The molecule has 1 heterocycles. The van der Waals surface area contributed by atoms with Crippen LogP contribution < -0.4 is 15.4 Å². The van der Waals surface area contributed by atoms with E-state index in [1.54, 1.807) is 36.0 Å². The van der Waals surface area contributed by atoms with Gasteiger partial charge in [0.05, 0.1) is 24.4 Å². The van der Waals surface area contributed by atoms with Gasteiger partial charge in [0.15, 0.2) is 6.29 Å². The number of carboxylic acid groups (broad SMARTS) is 1. The topological polar surface area (TPSA) is 126 Å². The number of amides is 2. The van der Waals surface area contributed by atoms with Crippen molar-refractivity contribution < 1.29 is 34.0 Å². The number of aliphatic hydroxyl groups is 1. The largest absolute Gasteiger partial charge is 0.478 e. The van der Waals surface area contributed by atoms with Crippen LogP contribution in [0.25, 0.3) is 11.1 Å². The number of carbonyl (C=O) groups is 2. The van der Waals surface area contributed by atoms with Crippen LogP contribution in [-0.2, 0) is 22.6 Å². The summed E-state index contributed by atoms with van der Waals surface area (Å²) in [6.45, 7) is 0.299. The van der Waals surface area contributed by atoms with E-state index < -0.39 is 12.3 Å². The highest BCUT2D eigenvalue weighted by molar-refractivity contribution is 7.99. The maximum atomic E-state index is 12.8. The number of carboxylic acids is 1. The van der Waals surface area contributed by atoms with Gasteiger partial charge in [-0.05, 0) is 101 Å². The number of thioether (sulfide) groups is 1. The van der Waals surface area contributed by atoms with Crippen LogP contribution in [-0.4, -0.2) is 34.1 Å². The highest BCUT2D eigenvalue weighted by Gasteiger charge is 2.32. The maximum Gasteiger partial charge on any atom is 0.335 e. The summed E-state index contributed by atoms with van der Waals surface area (Å²) in [5.74, 6) is 1.11. The van der Waals surface area contributed by atoms with E-state index in [9.17, 15) is 19.8 Å². The van der Waals surface area contributed by atoms with Gasteiger partial charge in [-0.15, -0.1) is 11.8 Å². The lowest BCUT2D eigenvalue weighted by Gasteiger charge is -2.36. The number of aromatic carboxylic acids is 1. The van der Waals surface area contributed by atoms with Gasteiger partial charge in [-0.2, -0.15) is 0 Å². The second kappa shape index (κ2) is 17.9. The second-order valence-electron chi connectivity index (χ2n) is 13.1. The van der Waals surface area contributed by atoms with Gasteiger partial charge >= 0.3 is 12.0 Å². The Hall–Kier alpha value is -5.91. The molecule has 1 saturated heterocycles. The zero-order valence-electron chi connectivity index (χ0n) is 29.8. The third-order valence-corrected chi connectivity index (χ3v) is 10.3. The fourth-order valence-corrected chi connectivity index (χ4v) is 7.14. The molecule has 6 aromatic carbocycles. The number of nitrogens with one attached hydrogen (secondary N) is 2. The van der Waals surface area contributed by atoms with Crippen molar-refractivity contribution in [2.75, 3.05) is 11.1 Å². The van der Waals surface area contributed by atoms with Crippen molar-refractivity contribution in [3.8, 4) is 22.6 Å². The molecular formula is C45H40N2O7S. The number of para-hydroxylation sites is 1. The number of urea groups is 1. The minimum atomic E-state index is -0.954. The average molecular weight is 753 g/mol. The van der Waals surface area contributed by atoms with Gasteiger partial charge in [0.25, 0.3) is 0 Å². The lowest BCUT2D eigenvalue weighted by molar-refractivity contribution is -0.245. The number of ether oxygens (including phenoxy) is 3. The molecule has 0 saturated carbocycles. The Bertz CT molecular complexity index is 2200. The van der Waals surface area contributed by atoms with Crippen LogP contribution in [0.3, 0.4) is 0 Å². The molecule has 9 nitrogen and oxygen atoms in total. The van der Waals surface area contributed by atoms with Gasteiger partial charge in [0.2, 0.25) is 0 Å². The first-order valence-corrected chi connectivity index (χ1v) is 18.9. The van der Waals surface area contributed by atoms with Crippen LogP contribution >= 0.6 is 11.8 Å². The van der Waals surface area contributed by atoms with Crippen molar-refractivity contribution in [2.24, 2.45) is 0 Å². The molecule has 0 unspecified atom stereocenters. The van der Waals surface area contributed by atoms with Gasteiger partial charge in [0, 0.05) is 34.9 Å². The standard InChI is InChI=1S/C45H40N2O7S/c48-28-30-12-14-32(15-13-30)42-26-40(29-55-41-22-16-33(17-23-41)43(49)50)53-44(54-42)36-9-5-8-35(25-36)34-7-4-6-31(24-34)27-46-45(51)47-37-18-20-39(21-19-37)52-38-10-2-1-3-11-38/h1-25,40,42,44,48H,26-29H2,(H,49,50)(H2,46,47,51)/t40-,42+,44+/m1/s1. The van der Waals surface area contributed by atoms with Crippen molar-refractivity contribution in [1.82, 2.24) is 5.32 Å². The summed E-state index contributed by atoms with van der Waals surface area (Å²) in [7, 11) is 0.